The van der Waals surface area contributed by atoms with E-state index in [-0.39, 0.29) is 11.1 Å². The van der Waals surface area contributed by atoms with Gasteiger partial charge in [-0.2, -0.15) is 5.26 Å². The average molecular weight is 338 g/mol. The van der Waals surface area contributed by atoms with E-state index >= 15 is 0 Å². The normalized spacial score (nSPS) is 10.2. The largest absolute Gasteiger partial charge is 0.304 e. The van der Waals surface area contributed by atoms with Crippen LogP contribution >= 0.6 is 27.5 Å². The Morgan fingerprint density at radius 2 is 2.05 bits per heavy atom. The first kappa shape index (κ1) is 13.9. The van der Waals surface area contributed by atoms with Crippen LogP contribution in [0.3, 0.4) is 0 Å². The number of alkyl halides is 1. The topological polar surface area (TPSA) is 45.8 Å². The number of carbonyl (C=O) groups is 1. The molecule has 5 heteroatoms. The molecule has 0 atom stereocenters. The Morgan fingerprint density at radius 3 is 2.58 bits per heavy atom. The molecule has 0 aliphatic carbocycles. The molecule has 0 unspecified atom stereocenters. The van der Waals surface area contributed by atoms with Gasteiger partial charge in [-0.1, -0.05) is 27.5 Å². The van der Waals surface area contributed by atoms with Crippen LogP contribution in [0.2, 0.25) is 5.15 Å². The molecule has 0 saturated heterocycles. The molecular formula is C14H10BrClN2O. The molecule has 19 heavy (non-hydrogen) atoms. The SMILES string of the molecule is Cc1c(C(=O)CBr)cc(Cl)n1-c1ccc(C#N)cc1. The number of Topliss-reactive ketones (excluding diaryl/α,β-unsaturated/α-hetero) is 1. The van der Waals surface area contributed by atoms with Gasteiger partial charge in [0.05, 0.1) is 17.0 Å². The Morgan fingerprint density at radius 1 is 1.42 bits per heavy atom. The van der Waals surface area contributed by atoms with Gasteiger partial charge >= 0.3 is 0 Å². The van der Waals surface area contributed by atoms with Crippen LogP contribution in [0, 0.1) is 18.3 Å². The number of rotatable bonds is 3. The van der Waals surface area contributed by atoms with Crippen LogP contribution in [0.4, 0.5) is 0 Å². The van der Waals surface area contributed by atoms with Crippen molar-refractivity contribution in [1.82, 2.24) is 4.57 Å². The highest BCUT2D eigenvalue weighted by molar-refractivity contribution is 9.09. The van der Waals surface area contributed by atoms with Crippen molar-refractivity contribution in [3.8, 4) is 11.8 Å². The monoisotopic (exact) mass is 336 g/mol. The fourth-order valence-electron chi connectivity index (χ4n) is 1.93. The second-order valence-corrected chi connectivity index (χ2v) is 4.97. The molecule has 2 aromatic rings. The summed E-state index contributed by atoms with van der Waals surface area (Å²) in [6, 6.07) is 10.8. The van der Waals surface area contributed by atoms with Crippen LogP contribution < -0.4 is 0 Å². The van der Waals surface area contributed by atoms with Gasteiger partial charge in [0.2, 0.25) is 0 Å². The number of carbonyl (C=O) groups excluding carboxylic acids is 1. The predicted octanol–water partition coefficient (Wildman–Crippen LogP) is 3.89. The van der Waals surface area contributed by atoms with Gasteiger partial charge in [-0.05, 0) is 37.3 Å². The number of nitrogens with zero attached hydrogens (tertiary/aromatic N) is 2. The third-order valence-corrected chi connectivity index (χ3v) is 3.67. The van der Waals surface area contributed by atoms with E-state index in [4.69, 9.17) is 16.9 Å². The van der Waals surface area contributed by atoms with E-state index in [1.807, 2.05) is 6.92 Å². The summed E-state index contributed by atoms with van der Waals surface area (Å²) in [5.41, 5.74) is 2.81. The highest BCUT2D eigenvalue weighted by atomic mass is 79.9. The molecule has 0 bridgehead atoms. The first-order valence-corrected chi connectivity index (χ1v) is 7.06. The molecular weight excluding hydrogens is 328 g/mol. The predicted molar refractivity (Wildman–Crippen MR) is 78.4 cm³/mol. The molecule has 0 saturated carbocycles. The third-order valence-electron chi connectivity index (χ3n) is 2.88. The van der Waals surface area contributed by atoms with E-state index in [2.05, 4.69) is 22.0 Å². The van der Waals surface area contributed by atoms with Crippen LogP contribution in [0.5, 0.6) is 0 Å². The van der Waals surface area contributed by atoms with Gasteiger partial charge in [0.1, 0.15) is 5.15 Å². The lowest BCUT2D eigenvalue weighted by Gasteiger charge is -2.08. The zero-order valence-corrected chi connectivity index (χ0v) is 12.5. The van der Waals surface area contributed by atoms with Crippen molar-refractivity contribution in [2.75, 3.05) is 5.33 Å². The number of hydrogen-bond acceptors (Lipinski definition) is 2. The maximum absolute atomic E-state index is 11.8. The summed E-state index contributed by atoms with van der Waals surface area (Å²) >= 11 is 9.35. The second kappa shape index (κ2) is 5.60. The summed E-state index contributed by atoms with van der Waals surface area (Å²) in [7, 11) is 0. The number of nitriles is 1. The molecule has 1 aromatic heterocycles. The summed E-state index contributed by atoms with van der Waals surface area (Å²) < 4.78 is 1.79. The van der Waals surface area contributed by atoms with Gasteiger partial charge in [-0.25, -0.2) is 0 Å². The van der Waals surface area contributed by atoms with Gasteiger partial charge in [0.25, 0.3) is 0 Å². The molecule has 1 aromatic carbocycles. The molecule has 0 aliphatic rings. The molecule has 0 radical (unpaired) electrons. The summed E-state index contributed by atoms with van der Waals surface area (Å²) in [4.78, 5) is 11.8. The Hall–Kier alpha value is -1.57. The Bertz CT molecular complexity index is 668. The Kier molecular flexibility index (Phi) is 4.08. The summed E-state index contributed by atoms with van der Waals surface area (Å²) in [6.07, 6.45) is 0. The van der Waals surface area contributed by atoms with Gasteiger partial charge in [0, 0.05) is 16.9 Å². The van der Waals surface area contributed by atoms with E-state index in [0.717, 1.165) is 11.4 Å². The standard InChI is InChI=1S/C14H10BrClN2O/c1-9-12(13(19)7-15)6-14(16)18(9)11-4-2-10(8-17)3-5-11/h2-6H,7H2,1H3. The minimum absolute atomic E-state index is 0.00760. The molecule has 0 spiro atoms. The minimum Gasteiger partial charge on any atom is -0.304 e. The van der Waals surface area contributed by atoms with Crippen molar-refractivity contribution < 1.29 is 4.79 Å². The number of aromatic nitrogens is 1. The first-order chi connectivity index (χ1) is 9.08. The lowest BCUT2D eigenvalue weighted by molar-refractivity contribution is 0.102. The number of hydrogen-bond donors (Lipinski definition) is 0. The van der Waals surface area contributed by atoms with Crippen molar-refractivity contribution in [2.24, 2.45) is 0 Å². The van der Waals surface area contributed by atoms with Crippen molar-refractivity contribution in [3.05, 3.63) is 52.3 Å². The quantitative estimate of drug-likeness (QED) is 0.630. The van der Waals surface area contributed by atoms with Gasteiger partial charge < -0.3 is 4.57 Å². The zero-order valence-electron chi connectivity index (χ0n) is 10.2. The van der Waals surface area contributed by atoms with E-state index in [1.54, 1.807) is 34.9 Å². The molecule has 96 valence electrons. The Labute approximate surface area is 124 Å². The van der Waals surface area contributed by atoms with Crippen molar-refractivity contribution in [3.63, 3.8) is 0 Å². The molecule has 0 fully saturated rings. The average Bonchev–Trinajstić information content (AvgIpc) is 2.73. The fourth-order valence-corrected chi connectivity index (χ4v) is 2.56. The van der Waals surface area contributed by atoms with E-state index in [9.17, 15) is 4.79 Å². The fraction of sp³-hybridized carbons (Fsp3) is 0.143. The Balaban J connectivity index is 2.53. The van der Waals surface area contributed by atoms with Crippen LogP contribution in [-0.4, -0.2) is 15.7 Å². The molecule has 0 amide bonds. The van der Waals surface area contributed by atoms with Gasteiger partial charge in [0.15, 0.2) is 5.78 Å². The highest BCUT2D eigenvalue weighted by Gasteiger charge is 2.16. The smallest absolute Gasteiger partial charge is 0.175 e. The molecule has 3 nitrogen and oxygen atoms in total. The summed E-state index contributed by atoms with van der Waals surface area (Å²) in [5, 5.41) is 9.53. The number of ketones is 1. The maximum atomic E-state index is 11.8. The first-order valence-electron chi connectivity index (χ1n) is 5.56. The lowest BCUT2D eigenvalue weighted by atomic mass is 10.2. The van der Waals surface area contributed by atoms with E-state index in [1.165, 1.54) is 0 Å². The van der Waals surface area contributed by atoms with E-state index < -0.39 is 0 Å². The van der Waals surface area contributed by atoms with Crippen molar-refractivity contribution in [2.45, 2.75) is 6.92 Å². The maximum Gasteiger partial charge on any atom is 0.175 e. The number of benzene rings is 1. The lowest BCUT2D eigenvalue weighted by Crippen LogP contribution is -2.03. The molecule has 2 rings (SSSR count). The van der Waals surface area contributed by atoms with Crippen LogP contribution in [0.25, 0.3) is 5.69 Å². The minimum atomic E-state index is -0.00760. The summed E-state index contributed by atoms with van der Waals surface area (Å²) in [5.74, 6) is -0.00760. The van der Waals surface area contributed by atoms with Crippen molar-refractivity contribution >= 4 is 33.3 Å². The van der Waals surface area contributed by atoms with Crippen LogP contribution in [0.15, 0.2) is 30.3 Å². The van der Waals surface area contributed by atoms with Gasteiger partial charge in [-0.15, -0.1) is 0 Å². The summed E-state index contributed by atoms with van der Waals surface area (Å²) in [6.45, 7) is 1.85. The second-order valence-electron chi connectivity index (χ2n) is 4.02. The van der Waals surface area contributed by atoms with Crippen LogP contribution in [-0.2, 0) is 0 Å². The van der Waals surface area contributed by atoms with Crippen LogP contribution in [0.1, 0.15) is 21.6 Å². The molecule has 0 aliphatic heterocycles. The van der Waals surface area contributed by atoms with Crippen molar-refractivity contribution in [1.29, 1.82) is 5.26 Å². The molecule has 0 N–H and O–H groups in total. The number of halogens is 2. The third kappa shape index (κ3) is 2.58. The van der Waals surface area contributed by atoms with Gasteiger partial charge in [-0.3, -0.25) is 4.79 Å². The highest BCUT2D eigenvalue weighted by Crippen LogP contribution is 2.25. The van der Waals surface area contributed by atoms with E-state index in [0.29, 0.717) is 16.3 Å². The molecule has 1 heterocycles. The zero-order chi connectivity index (χ0) is 14.0.